The fourth-order valence-electron chi connectivity index (χ4n) is 3.83. The van der Waals surface area contributed by atoms with Crippen LogP contribution in [-0.2, 0) is 16.0 Å². The fraction of sp³-hybridized carbons (Fsp3) is 0.200. The highest BCUT2D eigenvalue weighted by Crippen LogP contribution is 2.33. The van der Waals surface area contributed by atoms with Crippen molar-refractivity contribution < 1.29 is 9.53 Å². The van der Waals surface area contributed by atoms with Gasteiger partial charge in [-0.2, -0.15) is 5.26 Å². The highest BCUT2D eigenvalue weighted by atomic mass is 35.5. The van der Waals surface area contributed by atoms with E-state index in [0.717, 1.165) is 17.5 Å². The van der Waals surface area contributed by atoms with Crippen molar-refractivity contribution in [3.05, 3.63) is 100 Å². The Kier molecular flexibility index (Phi) is 6.13. The minimum Gasteiger partial charge on any atom is -0.373 e. The lowest BCUT2D eigenvalue weighted by Crippen LogP contribution is -2.22. The van der Waals surface area contributed by atoms with Crippen LogP contribution in [0.2, 0.25) is 5.02 Å². The lowest BCUT2D eigenvalue weighted by atomic mass is 9.92. The van der Waals surface area contributed by atoms with Crippen molar-refractivity contribution in [2.45, 2.75) is 24.9 Å². The van der Waals surface area contributed by atoms with Gasteiger partial charge in [0.15, 0.2) is 0 Å². The molecule has 0 saturated heterocycles. The first-order chi connectivity index (χ1) is 14.7. The molecule has 4 rings (SSSR count). The summed E-state index contributed by atoms with van der Waals surface area (Å²) in [7, 11) is 0. The Bertz CT molecular complexity index is 1090. The number of nitriles is 1. The number of nitrogens with one attached hydrogen (secondary N) is 1. The zero-order valence-electron chi connectivity index (χ0n) is 16.3. The fourth-order valence-corrected chi connectivity index (χ4v) is 4.12. The summed E-state index contributed by atoms with van der Waals surface area (Å²) < 4.78 is 5.83. The Morgan fingerprint density at radius 2 is 1.90 bits per heavy atom. The first kappa shape index (κ1) is 20.2. The van der Waals surface area contributed by atoms with Crippen LogP contribution in [-0.4, -0.2) is 12.5 Å². The number of fused-ring (bicyclic) bond motifs is 1. The zero-order valence-corrected chi connectivity index (χ0v) is 17.1. The third-order valence-electron chi connectivity index (χ3n) is 5.32. The molecule has 5 heteroatoms. The average Bonchev–Trinajstić information content (AvgIpc) is 2.77. The Balaban J connectivity index is 1.47. The van der Waals surface area contributed by atoms with Gasteiger partial charge in [0.2, 0.25) is 5.91 Å². The summed E-state index contributed by atoms with van der Waals surface area (Å²) in [5, 5.41) is 13.0. The van der Waals surface area contributed by atoms with E-state index in [4.69, 9.17) is 16.3 Å². The maximum absolute atomic E-state index is 12.6. The molecular weight excluding hydrogens is 396 g/mol. The standard InChI is InChI=1S/C25H21ClN2O2/c26-23-14-19(10-11-21(23)22(16-27)17-6-2-1-3-7-17)28-25(29)15-24-20-9-5-4-8-18(20)12-13-30-24/h1-11,14,22,24H,12-13,15H2,(H,28,29). The maximum atomic E-state index is 12.6. The van der Waals surface area contributed by atoms with Gasteiger partial charge in [0, 0.05) is 10.7 Å². The number of hydrogen-bond acceptors (Lipinski definition) is 3. The molecule has 1 heterocycles. The zero-order chi connectivity index (χ0) is 20.9. The first-order valence-corrected chi connectivity index (χ1v) is 10.3. The SMILES string of the molecule is N#CC(c1ccccc1)c1ccc(NC(=O)CC2OCCc3ccccc32)cc1Cl. The molecule has 30 heavy (non-hydrogen) atoms. The van der Waals surface area contributed by atoms with E-state index >= 15 is 0 Å². The van der Waals surface area contributed by atoms with Crippen LogP contribution in [0, 0.1) is 11.3 Å². The predicted octanol–water partition coefficient (Wildman–Crippen LogP) is 5.64. The Labute approximate surface area is 181 Å². The second-order valence-corrected chi connectivity index (χ2v) is 7.68. The summed E-state index contributed by atoms with van der Waals surface area (Å²) in [6.45, 7) is 0.616. The topological polar surface area (TPSA) is 62.1 Å². The number of amides is 1. The average molecular weight is 417 g/mol. The van der Waals surface area contributed by atoms with Crippen LogP contribution in [0.1, 0.15) is 40.7 Å². The molecule has 0 aliphatic carbocycles. The van der Waals surface area contributed by atoms with Crippen molar-refractivity contribution in [1.82, 2.24) is 0 Å². The third kappa shape index (κ3) is 4.38. The molecule has 1 amide bonds. The normalized spacial score (nSPS) is 16.2. The van der Waals surface area contributed by atoms with Crippen LogP contribution in [0.5, 0.6) is 0 Å². The van der Waals surface area contributed by atoms with Crippen LogP contribution < -0.4 is 5.32 Å². The summed E-state index contributed by atoms with van der Waals surface area (Å²) in [5.41, 5.74) is 4.51. The second kappa shape index (κ2) is 9.13. The lowest BCUT2D eigenvalue weighted by molar-refractivity contribution is -0.119. The number of rotatable bonds is 5. The van der Waals surface area contributed by atoms with Crippen molar-refractivity contribution >= 4 is 23.2 Å². The molecule has 0 radical (unpaired) electrons. The van der Waals surface area contributed by atoms with Crippen LogP contribution in [0.3, 0.4) is 0 Å². The number of ether oxygens (including phenoxy) is 1. The van der Waals surface area contributed by atoms with Gasteiger partial charge in [-0.1, -0.05) is 72.3 Å². The molecule has 0 spiro atoms. The molecule has 2 atom stereocenters. The number of carbonyl (C=O) groups is 1. The maximum Gasteiger partial charge on any atom is 0.227 e. The largest absolute Gasteiger partial charge is 0.373 e. The first-order valence-electron chi connectivity index (χ1n) is 9.89. The molecule has 0 fully saturated rings. The van der Waals surface area contributed by atoms with Gasteiger partial charge >= 0.3 is 0 Å². The van der Waals surface area contributed by atoms with Gasteiger partial charge in [0.1, 0.15) is 0 Å². The summed E-state index contributed by atoms with van der Waals surface area (Å²) in [5.74, 6) is -0.601. The summed E-state index contributed by atoms with van der Waals surface area (Å²) in [6, 6.07) is 25.2. The van der Waals surface area contributed by atoms with E-state index < -0.39 is 5.92 Å². The summed E-state index contributed by atoms with van der Waals surface area (Å²) in [4.78, 5) is 12.6. The van der Waals surface area contributed by atoms with Crippen LogP contribution in [0.15, 0.2) is 72.8 Å². The molecule has 1 aliphatic heterocycles. The Morgan fingerprint density at radius 3 is 2.67 bits per heavy atom. The molecule has 0 aromatic heterocycles. The van der Waals surface area contributed by atoms with Gasteiger partial charge in [0.05, 0.1) is 31.1 Å². The summed E-state index contributed by atoms with van der Waals surface area (Å²) in [6.07, 6.45) is 0.861. The number of halogens is 1. The van der Waals surface area contributed by atoms with Crippen molar-refractivity contribution in [3.8, 4) is 6.07 Å². The van der Waals surface area contributed by atoms with Crippen molar-refractivity contribution in [1.29, 1.82) is 5.26 Å². The molecule has 150 valence electrons. The van der Waals surface area contributed by atoms with Gasteiger partial charge in [-0.25, -0.2) is 0 Å². The van der Waals surface area contributed by atoms with Crippen molar-refractivity contribution in [3.63, 3.8) is 0 Å². The molecule has 4 nitrogen and oxygen atoms in total. The minimum absolute atomic E-state index is 0.139. The molecule has 3 aromatic rings. The minimum atomic E-state index is -0.462. The number of benzene rings is 3. The molecule has 3 aromatic carbocycles. The van der Waals surface area contributed by atoms with E-state index in [9.17, 15) is 10.1 Å². The predicted molar refractivity (Wildman–Crippen MR) is 117 cm³/mol. The van der Waals surface area contributed by atoms with E-state index in [1.807, 2.05) is 48.5 Å². The molecule has 0 bridgehead atoms. The van der Waals surface area contributed by atoms with Crippen molar-refractivity contribution in [2.75, 3.05) is 11.9 Å². The highest BCUT2D eigenvalue weighted by molar-refractivity contribution is 6.31. The molecular formula is C25H21ClN2O2. The van der Waals surface area contributed by atoms with E-state index in [2.05, 4.69) is 17.5 Å². The quantitative estimate of drug-likeness (QED) is 0.585. The molecule has 1 aliphatic rings. The lowest BCUT2D eigenvalue weighted by Gasteiger charge is -2.25. The van der Waals surface area contributed by atoms with Gasteiger partial charge in [-0.3, -0.25) is 4.79 Å². The Hall–Kier alpha value is -3.13. The monoisotopic (exact) mass is 416 g/mol. The van der Waals surface area contributed by atoms with Crippen LogP contribution in [0.25, 0.3) is 0 Å². The second-order valence-electron chi connectivity index (χ2n) is 7.27. The van der Waals surface area contributed by atoms with Gasteiger partial charge in [-0.15, -0.1) is 0 Å². The molecule has 0 saturated carbocycles. The number of nitrogens with zero attached hydrogens (tertiary/aromatic N) is 1. The summed E-state index contributed by atoms with van der Waals surface area (Å²) >= 11 is 6.47. The van der Waals surface area contributed by atoms with Crippen LogP contribution >= 0.6 is 11.6 Å². The van der Waals surface area contributed by atoms with E-state index in [1.54, 1.807) is 18.2 Å². The van der Waals surface area contributed by atoms with Gasteiger partial charge in [0.25, 0.3) is 0 Å². The van der Waals surface area contributed by atoms with E-state index in [0.29, 0.717) is 22.9 Å². The third-order valence-corrected chi connectivity index (χ3v) is 5.65. The number of anilines is 1. The smallest absolute Gasteiger partial charge is 0.227 e. The number of hydrogen-bond donors (Lipinski definition) is 1. The Morgan fingerprint density at radius 1 is 1.13 bits per heavy atom. The number of carbonyl (C=O) groups excluding carboxylic acids is 1. The van der Waals surface area contributed by atoms with E-state index in [-0.39, 0.29) is 18.4 Å². The molecule has 2 unspecified atom stereocenters. The van der Waals surface area contributed by atoms with Gasteiger partial charge < -0.3 is 10.1 Å². The highest BCUT2D eigenvalue weighted by Gasteiger charge is 2.23. The van der Waals surface area contributed by atoms with E-state index in [1.165, 1.54) is 5.56 Å². The van der Waals surface area contributed by atoms with Gasteiger partial charge in [-0.05, 0) is 40.8 Å². The van der Waals surface area contributed by atoms with Crippen LogP contribution in [0.4, 0.5) is 5.69 Å². The molecule has 1 N–H and O–H groups in total. The van der Waals surface area contributed by atoms with Crippen molar-refractivity contribution in [2.24, 2.45) is 0 Å².